The summed E-state index contributed by atoms with van der Waals surface area (Å²) >= 11 is 0. The van der Waals surface area contributed by atoms with Crippen molar-refractivity contribution in [1.29, 1.82) is 0 Å². The highest BCUT2D eigenvalue weighted by Gasteiger charge is 2.24. The molecule has 1 heterocycles. The Hall–Kier alpha value is -2.26. The summed E-state index contributed by atoms with van der Waals surface area (Å²) in [5.74, 6) is -1.05. The molecule has 0 saturated carbocycles. The third-order valence-corrected chi connectivity index (χ3v) is 4.39. The zero-order valence-corrected chi connectivity index (χ0v) is 19.6. The first kappa shape index (κ1) is 26.8. The van der Waals surface area contributed by atoms with E-state index in [4.69, 9.17) is 9.47 Å². The number of carbonyl (C=O) groups excluding carboxylic acids is 4. The lowest BCUT2D eigenvalue weighted by atomic mass is 10.1. The van der Waals surface area contributed by atoms with E-state index in [1.807, 2.05) is 41.5 Å². The molecule has 9 heteroatoms. The summed E-state index contributed by atoms with van der Waals surface area (Å²) in [6.45, 7) is 12.6. The predicted molar refractivity (Wildman–Crippen MR) is 116 cm³/mol. The van der Waals surface area contributed by atoms with Gasteiger partial charge in [-0.15, -0.1) is 0 Å². The second kappa shape index (κ2) is 12.0. The Morgan fingerprint density at radius 2 is 1.65 bits per heavy atom. The van der Waals surface area contributed by atoms with Crippen molar-refractivity contribution in [1.82, 2.24) is 15.5 Å². The summed E-state index contributed by atoms with van der Waals surface area (Å²) < 4.78 is 11.6. The van der Waals surface area contributed by atoms with Gasteiger partial charge in [0.05, 0.1) is 24.9 Å². The third kappa shape index (κ3) is 11.6. The van der Waals surface area contributed by atoms with Gasteiger partial charge in [-0.05, 0) is 48.0 Å². The predicted octanol–water partition coefficient (Wildman–Crippen LogP) is 1.31. The van der Waals surface area contributed by atoms with Crippen LogP contribution < -0.4 is 10.6 Å². The summed E-state index contributed by atoms with van der Waals surface area (Å²) in [7, 11) is 0. The highest BCUT2D eigenvalue weighted by Crippen LogP contribution is 2.13. The highest BCUT2D eigenvalue weighted by atomic mass is 16.5. The van der Waals surface area contributed by atoms with Crippen LogP contribution in [0.1, 0.15) is 60.8 Å². The van der Waals surface area contributed by atoms with Crippen molar-refractivity contribution in [3.05, 3.63) is 12.2 Å². The molecule has 4 amide bonds. The first-order valence-corrected chi connectivity index (χ1v) is 10.7. The summed E-state index contributed by atoms with van der Waals surface area (Å²) in [4.78, 5) is 47.7. The Labute approximate surface area is 184 Å². The molecule has 1 aliphatic rings. The summed E-state index contributed by atoms with van der Waals surface area (Å²) in [6, 6.07) is 0. The zero-order valence-electron chi connectivity index (χ0n) is 19.6. The minimum Gasteiger partial charge on any atom is -0.376 e. The van der Waals surface area contributed by atoms with E-state index in [0.717, 1.165) is 4.90 Å². The molecule has 0 aromatic carbocycles. The Kier molecular flexibility index (Phi) is 10.3. The molecular formula is C22H37N3O6. The maximum absolute atomic E-state index is 11.9. The molecule has 0 saturated heterocycles. The lowest BCUT2D eigenvalue weighted by Gasteiger charge is -2.27. The molecule has 9 nitrogen and oxygen atoms in total. The van der Waals surface area contributed by atoms with Crippen molar-refractivity contribution < 1.29 is 28.7 Å². The first-order chi connectivity index (χ1) is 14.3. The van der Waals surface area contributed by atoms with E-state index >= 15 is 0 Å². The second-order valence-corrected chi connectivity index (χ2v) is 9.33. The quantitative estimate of drug-likeness (QED) is 0.330. The largest absolute Gasteiger partial charge is 0.376 e. The molecule has 176 valence electrons. The fraction of sp³-hybridized carbons (Fsp3) is 0.727. The minimum atomic E-state index is -0.549. The van der Waals surface area contributed by atoms with Crippen molar-refractivity contribution in [2.75, 3.05) is 26.3 Å². The van der Waals surface area contributed by atoms with Crippen LogP contribution in [0.3, 0.4) is 0 Å². The van der Waals surface area contributed by atoms with Crippen molar-refractivity contribution in [3.8, 4) is 0 Å². The van der Waals surface area contributed by atoms with Gasteiger partial charge in [0, 0.05) is 43.6 Å². The van der Waals surface area contributed by atoms with Crippen LogP contribution in [0, 0.1) is 0 Å². The average Bonchev–Trinajstić information content (AvgIpc) is 2.96. The molecule has 0 aliphatic carbocycles. The van der Waals surface area contributed by atoms with Gasteiger partial charge >= 0.3 is 0 Å². The van der Waals surface area contributed by atoms with E-state index in [1.54, 1.807) is 0 Å². The molecule has 0 aromatic rings. The van der Waals surface area contributed by atoms with E-state index in [-0.39, 0.29) is 36.4 Å². The number of hydrogen-bond donors (Lipinski definition) is 2. The number of nitrogens with zero attached hydrogens (tertiary/aromatic N) is 1. The van der Waals surface area contributed by atoms with Gasteiger partial charge in [0.15, 0.2) is 0 Å². The van der Waals surface area contributed by atoms with Gasteiger partial charge < -0.3 is 20.1 Å². The van der Waals surface area contributed by atoms with Crippen LogP contribution >= 0.6 is 0 Å². The standard InChI is InChI=1S/C22H37N3O6/c1-16(7-8-18(27)24-21(2,3)4)30-15-22(5,6)31-14-12-23-17(26)11-13-25-19(28)9-10-20(25)29/h9-10,16H,7-8,11-15H2,1-6H3,(H,23,26)(H,24,27). The van der Waals surface area contributed by atoms with E-state index in [0.29, 0.717) is 32.6 Å². The lowest BCUT2D eigenvalue weighted by Crippen LogP contribution is -2.41. The molecule has 0 aromatic heterocycles. The SMILES string of the molecule is CC(CCC(=O)NC(C)(C)C)OCC(C)(C)OCCNC(=O)CCN1C(=O)C=CC1=O. The minimum absolute atomic E-state index is 0.00364. The smallest absolute Gasteiger partial charge is 0.253 e. The Morgan fingerprint density at radius 3 is 2.23 bits per heavy atom. The molecule has 0 bridgehead atoms. The van der Waals surface area contributed by atoms with Gasteiger partial charge in [0.25, 0.3) is 11.8 Å². The summed E-state index contributed by atoms with van der Waals surface area (Å²) in [5, 5.41) is 5.63. The normalized spacial score (nSPS) is 15.4. The van der Waals surface area contributed by atoms with E-state index in [2.05, 4.69) is 10.6 Å². The van der Waals surface area contributed by atoms with Crippen LogP contribution in [0.15, 0.2) is 12.2 Å². The third-order valence-electron chi connectivity index (χ3n) is 4.39. The fourth-order valence-electron chi connectivity index (χ4n) is 2.75. The molecular weight excluding hydrogens is 402 g/mol. The van der Waals surface area contributed by atoms with Gasteiger partial charge in [-0.25, -0.2) is 0 Å². The lowest BCUT2D eigenvalue weighted by molar-refractivity contribution is -0.137. The number of amides is 4. The number of nitrogens with one attached hydrogen (secondary N) is 2. The number of hydrogen-bond acceptors (Lipinski definition) is 6. The van der Waals surface area contributed by atoms with Gasteiger partial charge in [0.1, 0.15) is 0 Å². The Balaban J connectivity index is 2.16. The van der Waals surface area contributed by atoms with Crippen LogP contribution in [0.2, 0.25) is 0 Å². The van der Waals surface area contributed by atoms with Crippen LogP contribution in [0.25, 0.3) is 0 Å². The van der Waals surface area contributed by atoms with E-state index in [9.17, 15) is 19.2 Å². The topological polar surface area (TPSA) is 114 Å². The monoisotopic (exact) mass is 439 g/mol. The molecule has 1 atom stereocenters. The van der Waals surface area contributed by atoms with Crippen molar-refractivity contribution >= 4 is 23.6 Å². The molecule has 1 rings (SSSR count). The van der Waals surface area contributed by atoms with Gasteiger partial charge in [-0.3, -0.25) is 24.1 Å². The molecule has 1 unspecified atom stereocenters. The van der Waals surface area contributed by atoms with Gasteiger partial charge in [-0.1, -0.05) is 0 Å². The molecule has 1 aliphatic heterocycles. The van der Waals surface area contributed by atoms with Gasteiger partial charge in [0.2, 0.25) is 11.8 Å². The molecule has 0 radical (unpaired) electrons. The van der Waals surface area contributed by atoms with Crippen molar-refractivity contribution in [3.63, 3.8) is 0 Å². The van der Waals surface area contributed by atoms with Gasteiger partial charge in [-0.2, -0.15) is 0 Å². The molecule has 0 fully saturated rings. The number of imide groups is 1. The van der Waals surface area contributed by atoms with Crippen LogP contribution in [0.4, 0.5) is 0 Å². The van der Waals surface area contributed by atoms with E-state index in [1.165, 1.54) is 12.2 Å². The molecule has 31 heavy (non-hydrogen) atoms. The van der Waals surface area contributed by atoms with Crippen molar-refractivity contribution in [2.45, 2.75) is 78.0 Å². The first-order valence-electron chi connectivity index (χ1n) is 10.7. The second-order valence-electron chi connectivity index (χ2n) is 9.33. The number of rotatable bonds is 13. The Morgan fingerprint density at radius 1 is 1.03 bits per heavy atom. The number of ether oxygens (including phenoxy) is 2. The Bertz CT molecular complexity index is 663. The molecule has 0 spiro atoms. The summed E-state index contributed by atoms with van der Waals surface area (Å²) in [6.07, 6.45) is 3.37. The highest BCUT2D eigenvalue weighted by molar-refractivity contribution is 6.13. The fourth-order valence-corrected chi connectivity index (χ4v) is 2.75. The van der Waals surface area contributed by atoms with E-state index < -0.39 is 17.4 Å². The maximum Gasteiger partial charge on any atom is 0.253 e. The number of carbonyl (C=O) groups is 4. The average molecular weight is 440 g/mol. The van der Waals surface area contributed by atoms with Crippen LogP contribution in [-0.4, -0.2) is 72.1 Å². The van der Waals surface area contributed by atoms with Crippen LogP contribution in [-0.2, 0) is 28.7 Å². The zero-order chi connectivity index (χ0) is 23.7. The van der Waals surface area contributed by atoms with Crippen LogP contribution in [0.5, 0.6) is 0 Å². The maximum atomic E-state index is 11.9. The van der Waals surface area contributed by atoms with Crippen molar-refractivity contribution in [2.24, 2.45) is 0 Å². The summed E-state index contributed by atoms with van der Waals surface area (Å²) in [5.41, 5.74) is -0.792. The molecule has 2 N–H and O–H groups in total.